The van der Waals surface area contributed by atoms with Crippen LogP contribution in [0.5, 0.6) is 0 Å². The van der Waals surface area contributed by atoms with Gasteiger partial charge in [-0.15, -0.1) is 0 Å². The van der Waals surface area contributed by atoms with Crippen molar-refractivity contribution in [3.05, 3.63) is 11.6 Å². The normalized spacial score (nSPS) is 28.2. The molecule has 0 atom stereocenters. The molecule has 0 aliphatic heterocycles. The summed E-state index contributed by atoms with van der Waals surface area (Å²) in [6, 6.07) is 0. The minimum absolute atomic E-state index is 0.302. The number of ether oxygens (including phenoxy) is 1. The molecule has 0 heterocycles. The van der Waals surface area contributed by atoms with Gasteiger partial charge in [0.2, 0.25) is 0 Å². The summed E-state index contributed by atoms with van der Waals surface area (Å²) in [5, 5.41) is 13.6. The fraction of sp³-hybridized carbons (Fsp3) is 0.800. The molecule has 1 aliphatic rings. The molecule has 1 rings (SSSR count). The molecule has 19 heavy (non-hydrogen) atoms. The second-order valence-electron chi connectivity index (χ2n) is 5.59. The molecule has 0 saturated heterocycles. The van der Waals surface area contributed by atoms with Crippen molar-refractivity contribution in [1.29, 1.82) is 0 Å². The van der Waals surface area contributed by atoms with E-state index in [9.17, 15) is 9.90 Å². The molecular formula is C15H27NO3. The third kappa shape index (κ3) is 5.33. The van der Waals surface area contributed by atoms with Crippen LogP contribution in [0.3, 0.4) is 0 Å². The quantitative estimate of drug-likeness (QED) is 0.440. The second kappa shape index (κ2) is 7.65. The van der Waals surface area contributed by atoms with Gasteiger partial charge in [0, 0.05) is 18.7 Å². The summed E-state index contributed by atoms with van der Waals surface area (Å²) in [6.07, 6.45) is 6.99. The number of methoxy groups -OCH3 is 1. The molecule has 0 radical (unpaired) electrons. The molecule has 0 spiro atoms. The van der Waals surface area contributed by atoms with Gasteiger partial charge in [0.1, 0.15) is 0 Å². The lowest BCUT2D eigenvalue weighted by atomic mass is 9.78. The highest BCUT2D eigenvalue weighted by atomic mass is 16.5. The van der Waals surface area contributed by atoms with Crippen molar-refractivity contribution in [3.63, 3.8) is 0 Å². The van der Waals surface area contributed by atoms with Crippen molar-refractivity contribution < 1.29 is 14.6 Å². The first-order chi connectivity index (χ1) is 9.00. The van der Waals surface area contributed by atoms with Gasteiger partial charge in [-0.05, 0) is 38.5 Å². The molecule has 1 aliphatic carbocycles. The van der Waals surface area contributed by atoms with Gasteiger partial charge >= 0.3 is 5.97 Å². The van der Waals surface area contributed by atoms with Crippen molar-refractivity contribution in [1.82, 2.24) is 5.32 Å². The molecule has 0 aromatic heterocycles. The molecule has 0 aromatic carbocycles. The Morgan fingerprint density at radius 2 is 2.11 bits per heavy atom. The van der Waals surface area contributed by atoms with Crippen LogP contribution in [-0.4, -0.2) is 36.9 Å². The van der Waals surface area contributed by atoms with E-state index in [1.54, 1.807) is 13.0 Å². The maximum atomic E-state index is 11.2. The number of esters is 1. The number of hydrogen-bond donors (Lipinski definition) is 2. The second-order valence-corrected chi connectivity index (χ2v) is 5.59. The van der Waals surface area contributed by atoms with E-state index in [0.717, 1.165) is 31.6 Å². The summed E-state index contributed by atoms with van der Waals surface area (Å²) < 4.78 is 4.62. The summed E-state index contributed by atoms with van der Waals surface area (Å²) >= 11 is 0. The van der Waals surface area contributed by atoms with Crippen LogP contribution in [0.2, 0.25) is 0 Å². The van der Waals surface area contributed by atoms with Gasteiger partial charge in [0.25, 0.3) is 0 Å². The largest absolute Gasteiger partial charge is 0.466 e. The molecule has 0 unspecified atom stereocenters. The van der Waals surface area contributed by atoms with Crippen molar-refractivity contribution in [2.75, 3.05) is 20.2 Å². The molecule has 0 amide bonds. The Hall–Kier alpha value is -0.870. The Balaban J connectivity index is 2.27. The maximum Gasteiger partial charge on any atom is 0.333 e. The lowest BCUT2D eigenvalue weighted by Crippen LogP contribution is -2.43. The molecule has 4 heteroatoms. The monoisotopic (exact) mass is 269 g/mol. The predicted octanol–water partition coefficient (Wildman–Crippen LogP) is 2.03. The third-order valence-corrected chi connectivity index (χ3v) is 4.13. The van der Waals surface area contributed by atoms with Crippen LogP contribution in [-0.2, 0) is 9.53 Å². The van der Waals surface area contributed by atoms with Crippen LogP contribution in [0.25, 0.3) is 0 Å². The Bertz CT molecular complexity index is 317. The lowest BCUT2D eigenvalue weighted by molar-refractivity contribution is -0.136. The zero-order chi connectivity index (χ0) is 14.3. The topological polar surface area (TPSA) is 58.6 Å². The lowest BCUT2D eigenvalue weighted by Gasteiger charge is -2.35. The molecule has 2 N–H and O–H groups in total. The number of rotatable bonds is 6. The number of hydrogen-bond acceptors (Lipinski definition) is 4. The SMILES string of the molecule is CCC1CCC(O)(CNC/C=C(/C)C(=O)OC)CC1. The zero-order valence-corrected chi connectivity index (χ0v) is 12.4. The first kappa shape index (κ1) is 16.2. The first-order valence-electron chi connectivity index (χ1n) is 7.19. The standard InChI is InChI=1S/C15H27NO3/c1-4-13-5-8-15(18,9-6-13)11-16-10-7-12(2)14(17)19-3/h7,13,16,18H,4-6,8-11H2,1-3H3/b12-7-. The Morgan fingerprint density at radius 3 is 2.63 bits per heavy atom. The van der Waals surface area contributed by atoms with E-state index in [1.807, 2.05) is 0 Å². The summed E-state index contributed by atoms with van der Waals surface area (Å²) in [6.45, 7) is 5.12. The van der Waals surface area contributed by atoms with E-state index in [1.165, 1.54) is 13.5 Å². The van der Waals surface area contributed by atoms with Crippen LogP contribution in [0.1, 0.15) is 46.0 Å². The predicted molar refractivity (Wildman–Crippen MR) is 75.8 cm³/mol. The average Bonchev–Trinajstić information content (AvgIpc) is 2.43. The third-order valence-electron chi connectivity index (χ3n) is 4.13. The number of nitrogens with one attached hydrogen (secondary N) is 1. The van der Waals surface area contributed by atoms with E-state index in [2.05, 4.69) is 17.0 Å². The van der Waals surface area contributed by atoms with Gasteiger partial charge in [0.15, 0.2) is 0 Å². The van der Waals surface area contributed by atoms with Crippen molar-refractivity contribution in [3.8, 4) is 0 Å². The van der Waals surface area contributed by atoms with Crippen LogP contribution >= 0.6 is 0 Å². The molecule has 110 valence electrons. The highest BCUT2D eigenvalue weighted by Gasteiger charge is 2.31. The van der Waals surface area contributed by atoms with Gasteiger partial charge in [0.05, 0.1) is 12.7 Å². The van der Waals surface area contributed by atoms with Crippen molar-refractivity contribution in [2.45, 2.75) is 51.6 Å². The van der Waals surface area contributed by atoms with Crippen molar-refractivity contribution in [2.24, 2.45) is 5.92 Å². The van der Waals surface area contributed by atoms with Gasteiger partial charge in [-0.3, -0.25) is 0 Å². The minimum Gasteiger partial charge on any atom is -0.466 e. The smallest absolute Gasteiger partial charge is 0.333 e. The van der Waals surface area contributed by atoms with E-state index in [0.29, 0.717) is 18.7 Å². The summed E-state index contributed by atoms with van der Waals surface area (Å²) in [5.74, 6) is 0.478. The van der Waals surface area contributed by atoms with Gasteiger partial charge in [-0.2, -0.15) is 0 Å². The molecule has 1 saturated carbocycles. The zero-order valence-electron chi connectivity index (χ0n) is 12.4. The molecule has 4 nitrogen and oxygen atoms in total. The van der Waals surface area contributed by atoms with Gasteiger partial charge in [-0.1, -0.05) is 19.4 Å². The van der Waals surface area contributed by atoms with Gasteiger partial charge < -0.3 is 15.2 Å². The van der Waals surface area contributed by atoms with E-state index in [-0.39, 0.29) is 5.97 Å². The molecule has 0 bridgehead atoms. The van der Waals surface area contributed by atoms with Crippen LogP contribution < -0.4 is 5.32 Å². The van der Waals surface area contributed by atoms with E-state index >= 15 is 0 Å². The van der Waals surface area contributed by atoms with E-state index < -0.39 is 5.60 Å². The summed E-state index contributed by atoms with van der Waals surface area (Å²) in [5.41, 5.74) is 0.0234. The summed E-state index contributed by atoms with van der Waals surface area (Å²) in [4.78, 5) is 11.2. The van der Waals surface area contributed by atoms with Gasteiger partial charge in [-0.25, -0.2) is 4.79 Å². The van der Waals surface area contributed by atoms with Crippen LogP contribution in [0.4, 0.5) is 0 Å². The number of carbonyl (C=O) groups is 1. The minimum atomic E-state index is -0.571. The molecule has 0 aromatic rings. The molecular weight excluding hydrogens is 242 g/mol. The van der Waals surface area contributed by atoms with Crippen LogP contribution in [0, 0.1) is 5.92 Å². The Labute approximate surface area is 116 Å². The van der Waals surface area contributed by atoms with Crippen molar-refractivity contribution >= 4 is 5.97 Å². The molecule has 1 fully saturated rings. The first-order valence-corrected chi connectivity index (χ1v) is 7.19. The Morgan fingerprint density at radius 1 is 1.47 bits per heavy atom. The average molecular weight is 269 g/mol. The fourth-order valence-electron chi connectivity index (χ4n) is 2.57. The number of aliphatic hydroxyl groups is 1. The highest BCUT2D eigenvalue weighted by molar-refractivity contribution is 5.87. The highest BCUT2D eigenvalue weighted by Crippen LogP contribution is 2.33. The van der Waals surface area contributed by atoms with Crippen LogP contribution in [0.15, 0.2) is 11.6 Å². The maximum absolute atomic E-state index is 11.2. The fourth-order valence-corrected chi connectivity index (χ4v) is 2.57. The van der Waals surface area contributed by atoms with E-state index in [4.69, 9.17) is 0 Å². The number of carbonyl (C=O) groups excluding carboxylic acids is 1. The summed E-state index contributed by atoms with van der Waals surface area (Å²) in [7, 11) is 1.38. The Kier molecular flexibility index (Phi) is 6.52.